The molecule has 2 aromatic heterocycles. The largest absolute Gasteiger partial charge is 0.471 e. The second-order valence-corrected chi connectivity index (χ2v) is 15.6. The Balaban J connectivity index is 0.000000184. The number of ether oxygens (including phenoxy) is 3. The normalized spacial score (nSPS) is 17.1. The third-order valence-electron chi connectivity index (χ3n) is 10.7. The topological polar surface area (TPSA) is 121 Å². The van der Waals surface area contributed by atoms with Gasteiger partial charge in [-0.2, -0.15) is 0 Å². The number of aromatic nitrogens is 2. The van der Waals surface area contributed by atoms with Crippen LogP contribution < -0.4 is 19.3 Å². The van der Waals surface area contributed by atoms with E-state index in [4.69, 9.17) is 37.4 Å². The van der Waals surface area contributed by atoms with Gasteiger partial charge in [-0.3, -0.25) is 0 Å². The summed E-state index contributed by atoms with van der Waals surface area (Å²) >= 11 is 12.3. The lowest BCUT2D eigenvalue weighted by atomic mass is 9.98. The summed E-state index contributed by atoms with van der Waals surface area (Å²) in [5.41, 5.74) is 6.35. The summed E-state index contributed by atoms with van der Waals surface area (Å²) in [5.74, 6) is 0.222. The second kappa shape index (κ2) is 20.5. The Kier molecular flexibility index (Phi) is 14.7. The van der Waals surface area contributed by atoms with Crippen LogP contribution in [-0.2, 0) is 18.0 Å². The maximum absolute atomic E-state index is 13.3. The molecule has 8 rings (SSSR count). The van der Waals surface area contributed by atoms with Crippen LogP contribution in [0.4, 0.5) is 20.2 Å². The molecule has 0 saturated carbocycles. The van der Waals surface area contributed by atoms with Crippen molar-refractivity contribution in [2.45, 2.75) is 50.5 Å². The summed E-state index contributed by atoms with van der Waals surface area (Å²) in [6.45, 7) is 2.62. The first-order valence-electron chi connectivity index (χ1n) is 19.9. The fourth-order valence-corrected chi connectivity index (χ4v) is 8.00. The Morgan fingerprint density at radius 3 is 1.54 bits per heavy atom. The van der Waals surface area contributed by atoms with Crippen LogP contribution in [0.1, 0.15) is 58.4 Å². The molecule has 2 aliphatic rings. The minimum Gasteiger partial charge on any atom is -0.471 e. The van der Waals surface area contributed by atoms with Gasteiger partial charge in [-0.25, -0.2) is 18.7 Å². The molecule has 10 nitrogen and oxygen atoms in total. The molecule has 2 saturated heterocycles. The average Bonchev–Trinajstić information content (AvgIpc) is 3.96. The molecule has 0 bridgehead atoms. The van der Waals surface area contributed by atoms with Crippen LogP contribution in [0.3, 0.4) is 0 Å². The monoisotopic (exact) mass is 870 g/mol. The minimum atomic E-state index is -0.897. The predicted octanol–water partition coefficient (Wildman–Crippen LogP) is 8.87. The highest BCUT2D eigenvalue weighted by molar-refractivity contribution is 6.32. The van der Waals surface area contributed by atoms with Crippen molar-refractivity contribution in [1.29, 1.82) is 0 Å². The zero-order valence-electron chi connectivity index (χ0n) is 33.4. The number of benzene rings is 4. The molecule has 0 amide bonds. The van der Waals surface area contributed by atoms with Crippen molar-refractivity contribution in [2.75, 3.05) is 43.1 Å². The summed E-state index contributed by atoms with van der Waals surface area (Å²) in [4.78, 5) is 12.7. The van der Waals surface area contributed by atoms with Gasteiger partial charge in [-0.15, -0.1) is 0 Å². The lowest BCUT2D eigenvalue weighted by Crippen LogP contribution is -2.25. The van der Waals surface area contributed by atoms with Gasteiger partial charge in [0.2, 0.25) is 11.8 Å². The number of nitrogens with zero attached hydrogens (tertiary/aromatic N) is 4. The van der Waals surface area contributed by atoms with Crippen molar-refractivity contribution < 1.29 is 38.3 Å². The quantitative estimate of drug-likeness (QED) is 0.104. The molecule has 4 atom stereocenters. The molecule has 318 valence electrons. The Labute approximate surface area is 363 Å². The SMILES string of the molecule is COC(c1ccc(F)cc1)c1ccc(N2CC[C@H](Oc3ncccc3Cl)C2)c(CO)c1.OCc1cc(C(O)c2ccc(F)cc2)ccc1N1CC[C@H](Oc2ncccc2Cl)C1. The van der Waals surface area contributed by atoms with E-state index in [1.165, 1.54) is 24.3 Å². The molecule has 3 N–H and O–H groups in total. The van der Waals surface area contributed by atoms with E-state index >= 15 is 0 Å². The summed E-state index contributed by atoms with van der Waals surface area (Å²) in [7, 11) is 1.62. The van der Waals surface area contributed by atoms with Crippen LogP contribution in [0.25, 0.3) is 0 Å². The third kappa shape index (κ3) is 10.8. The number of aliphatic hydroxyl groups is 3. The fraction of sp³-hybridized carbons (Fsp3) is 0.277. The molecule has 0 radical (unpaired) electrons. The second-order valence-electron chi connectivity index (χ2n) is 14.7. The lowest BCUT2D eigenvalue weighted by molar-refractivity contribution is 0.136. The zero-order valence-corrected chi connectivity index (χ0v) is 34.9. The predicted molar refractivity (Wildman–Crippen MR) is 231 cm³/mol. The zero-order chi connectivity index (χ0) is 42.9. The van der Waals surface area contributed by atoms with Crippen molar-refractivity contribution in [3.05, 3.63) is 177 Å². The van der Waals surface area contributed by atoms with Crippen molar-refractivity contribution in [2.24, 2.45) is 0 Å². The molecule has 61 heavy (non-hydrogen) atoms. The molecule has 14 heteroatoms. The van der Waals surface area contributed by atoms with Crippen LogP contribution in [0.5, 0.6) is 11.8 Å². The highest BCUT2D eigenvalue weighted by Crippen LogP contribution is 2.34. The number of hydrogen-bond acceptors (Lipinski definition) is 10. The molecule has 6 aromatic rings. The van der Waals surface area contributed by atoms with E-state index in [9.17, 15) is 24.1 Å². The maximum Gasteiger partial charge on any atom is 0.232 e. The molecular formula is C47H46Cl2F2N4O6. The summed E-state index contributed by atoms with van der Waals surface area (Å²) in [5, 5.41) is 31.5. The van der Waals surface area contributed by atoms with E-state index in [1.807, 2.05) is 30.3 Å². The summed E-state index contributed by atoms with van der Waals surface area (Å²) in [6.07, 6.45) is 3.59. The first kappa shape index (κ1) is 43.7. The number of halogens is 4. The highest BCUT2D eigenvalue weighted by Gasteiger charge is 2.29. The van der Waals surface area contributed by atoms with E-state index in [-0.39, 0.29) is 43.2 Å². The number of pyridine rings is 2. The molecule has 4 aromatic carbocycles. The van der Waals surface area contributed by atoms with Gasteiger partial charge in [0, 0.05) is 67.9 Å². The molecule has 4 heterocycles. The van der Waals surface area contributed by atoms with Crippen molar-refractivity contribution in [1.82, 2.24) is 9.97 Å². The Hall–Kier alpha value is -5.34. The van der Waals surface area contributed by atoms with E-state index in [0.717, 1.165) is 54.0 Å². The van der Waals surface area contributed by atoms with Gasteiger partial charge in [0.15, 0.2) is 0 Å². The Morgan fingerprint density at radius 2 is 1.08 bits per heavy atom. The average molecular weight is 872 g/mol. The first-order valence-corrected chi connectivity index (χ1v) is 20.6. The molecule has 0 spiro atoms. The molecule has 0 aliphatic carbocycles. The molecule has 2 unspecified atom stereocenters. The standard InChI is InChI=1S/C24H24ClFN2O3.C23H22ClFN2O3/c1-30-23(16-4-7-19(26)8-5-16)17-6-9-22(18(13-17)15-29)28-12-10-20(14-28)31-24-21(25)3-2-11-27-24;24-20-2-1-10-26-23(20)30-19-9-11-27(13-19)21-8-5-16(12-17(21)14-28)22(29)15-3-6-18(25)7-4-15/h2-9,11,13,20,23,29H,10,12,14-15H2,1H3;1-8,10,12,19,22,28-29H,9,11,13-14H2/t20-,23?;19-,22?/m00/s1. The van der Waals surface area contributed by atoms with E-state index in [2.05, 4.69) is 19.8 Å². The summed E-state index contributed by atoms with van der Waals surface area (Å²) < 4.78 is 44.0. The van der Waals surface area contributed by atoms with Gasteiger partial charge < -0.3 is 39.3 Å². The van der Waals surface area contributed by atoms with Gasteiger partial charge in [-0.1, -0.05) is 59.6 Å². The van der Waals surface area contributed by atoms with Crippen molar-refractivity contribution in [3.63, 3.8) is 0 Å². The van der Waals surface area contributed by atoms with Crippen LogP contribution in [0.2, 0.25) is 10.0 Å². The summed E-state index contributed by atoms with van der Waals surface area (Å²) in [6, 6.07) is 30.4. The number of methoxy groups -OCH3 is 1. The maximum atomic E-state index is 13.3. The number of aliphatic hydroxyl groups excluding tert-OH is 3. The van der Waals surface area contributed by atoms with Crippen LogP contribution in [0.15, 0.2) is 122 Å². The third-order valence-corrected chi connectivity index (χ3v) is 11.3. The van der Waals surface area contributed by atoms with Gasteiger partial charge in [0.05, 0.1) is 26.3 Å². The Bertz CT molecular complexity index is 2380. The Morgan fingerprint density at radius 1 is 0.639 bits per heavy atom. The number of hydrogen-bond donors (Lipinski definition) is 3. The van der Waals surface area contributed by atoms with Crippen molar-refractivity contribution in [3.8, 4) is 11.8 Å². The van der Waals surface area contributed by atoms with Crippen molar-refractivity contribution >= 4 is 34.6 Å². The van der Waals surface area contributed by atoms with E-state index < -0.39 is 6.10 Å². The highest BCUT2D eigenvalue weighted by atomic mass is 35.5. The lowest BCUT2D eigenvalue weighted by Gasteiger charge is -2.24. The molecular weight excluding hydrogens is 825 g/mol. The van der Waals surface area contributed by atoms with Crippen LogP contribution >= 0.6 is 23.2 Å². The van der Waals surface area contributed by atoms with E-state index in [1.54, 1.807) is 74.1 Å². The molecule has 2 fully saturated rings. The first-order chi connectivity index (χ1) is 29.6. The van der Waals surface area contributed by atoms with Gasteiger partial charge in [0.1, 0.15) is 46.1 Å². The number of anilines is 2. The number of rotatable bonds is 13. The minimum absolute atomic E-state index is 0.0374. The fourth-order valence-electron chi connectivity index (χ4n) is 7.67. The van der Waals surface area contributed by atoms with E-state index in [0.29, 0.717) is 51.6 Å². The van der Waals surface area contributed by atoms with Gasteiger partial charge in [0.25, 0.3) is 0 Å². The van der Waals surface area contributed by atoms with Crippen LogP contribution in [-0.4, -0.2) is 70.8 Å². The van der Waals surface area contributed by atoms with Crippen LogP contribution in [0, 0.1) is 11.6 Å². The van der Waals surface area contributed by atoms with Gasteiger partial charge >= 0.3 is 0 Å². The molecule has 2 aliphatic heterocycles. The van der Waals surface area contributed by atoms with Gasteiger partial charge in [-0.05, 0) is 95.1 Å². The smallest absolute Gasteiger partial charge is 0.232 e.